The molecule has 20 heavy (non-hydrogen) atoms. The van der Waals surface area contributed by atoms with Gasteiger partial charge in [-0.15, -0.1) is 0 Å². The Morgan fingerprint density at radius 3 is 2.20 bits per heavy atom. The third-order valence-electron chi connectivity index (χ3n) is 6.91. The SMILES string of the molecule is CC12CC3CC(C)(C1)CC(CCN1CCNCC1)(C3)C2. The summed E-state index contributed by atoms with van der Waals surface area (Å²) in [5.41, 5.74) is 2.10. The van der Waals surface area contributed by atoms with Gasteiger partial charge in [0, 0.05) is 26.2 Å². The van der Waals surface area contributed by atoms with Crippen LogP contribution in [0.15, 0.2) is 0 Å². The monoisotopic (exact) mass is 276 g/mol. The largest absolute Gasteiger partial charge is 0.314 e. The zero-order valence-electron chi connectivity index (χ0n) is 13.5. The van der Waals surface area contributed by atoms with Crippen LogP contribution in [0.4, 0.5) is 0 Å². The van der Waals surface area contributed by atoms with Crippen LogP contribution in [-0.4, -0.2) is 37.6 Å². The lowest BCUT2D eigenvalue weighted by Gasteiger charge is -2.66. The Hall–Kier alpha value is -0.0800. The summed E-state index contributed by atoms with van der Waals surface area (Å²) in [5.74, 6) is 1.06. The molecule has 2 heteroatoms. The van der Waals surface area contributed by atoms with Crippen LogP contribution in [0.5, 0.6) is 0 Å². The van der Waals surface area contributed by atoms with Crippen molar-refractivity contribution < 1.29 is 0 Å². The maximum Gasteiger partial charge on any atom is 0.0107 e. The normalized spacial score (nSPS) is 51.6. The molecule has 4 aliphatic carbocycles. The van der Waals surface area contributed by atoms with Gasteiger partial charge in [-0.3, -0.25) is 0 Å². The molecule has 1 heterocycles. The second-order valence-electron chi connectivity index (χ2n) is 9.47. The standard InChI is InChI=1S/C18H32N2/c1-16-9-15-10-17(2,12-16)14-18(11-15,13-16)3-6-20-7-4-19-5-8-20/h15,19H,3-14H2,1-2H3. The van der Waals surface area contributed by atoms with Crippen molar-refractivity contribution in [3.63, 3.8) is 0 Å². The highest BCUT2D eigenvalue weighted by atomic mass is 15.2. The quantitative estimate of drug-likeness (QED) is 0.851. The van der Waals surface area contributed by atoms with Gasteiger partial charge in [0.1, 0.15) is 0 Å². The number of nitrogens with zero attached hydrogens (tertiary/aromatic N) is 1. The molecule has 0 aromatic carbocycles. The molecule has 1 N–H and O–H groups in total. The van der Waals surface area contributed by atoms with E-state index in [-0.39, 0.29) is 0 Å². The van der Waals surface area contributed by atoms with E-state index in [0.29, 0.717) is 16.2 Å². The zero-order chi connectivity index (χ0) is 13.8. The van der Waals surface area contributed by atoms with Crippen molar-refractivity contribution in [1.29, 1.82) is 0 Å². The Morgan fingerprint density at radius 1 is 0.950 bits per heavy atom. The minimum Gasteiger partial charge on any atom is -0.314 e. The van der Waals surface area contributed by atoms with Crippen LogP contribution in [0.2, 0.25) is 0 Å². The molecule has 0 aromatic rings. The molecule has 114 valence electrons. The third-order valence-corrected chi connectivity index (χ3v) is 6.91. The van der Waals surface area contributed by atoms with E-state index in [1.54, 1.807) is 6.42 Å². The van der Waals surface area contributed by atoms with Crippen LogP contribution in [0.1, 0.15) is 58.8 Å². The van der Waals surface area contributed by atoms with Gasteiger partial charge in [0.2, 0.25) is 0 Å². The summed E-state index contributed by atoms with van der Waals surface area (Å²) in [7, 11) is 0. The number of piperazine rings is 1. The lowest BCUT2D eigenvalue weighted by atomic mass is 9.40. The van der Waals surface area contributed by atoms with Crippen LogP contribution in [0, 0.1) is 22.2 Å². The Bertz CT molecular complexity index is 367. The van der Waals surface area contributed by atoms with E-state index in [1.807, 2.05) is 0 Å². The van der Waals surface area contributed by atoms with Gasteiger partial charge < -0.3 is 10.2 Å². The number of nitrogens with one attached hydrogen (secondary N) is 1. The van der Waals surface area contributed by atoms with Crippen LogP contribution in [-0.2, 0) is 0 Å². The summed E-state index contributed by atoms with van der Waals surface area (Å²) in [6.07, 6.45) is 10.7. The van der Waals surface area contributed by atoms with Gasteiger partial charge in [0.15, 0.2) is 0 Å². The van der Waals surface area contributed by atoms with Crippen molar-refractivity contribution in [2.24, 2.45) is 22.2 Å². The molecule has 4 bridgehead atoms. The molecule has 0 spiro atoms. The highest BCUT2D eigenvalue weighted by Crippen LogP contribution is 2.70. The molecule has 2 atom stereocenters. The average Bonchev–Trinajstić information content (AvgIpc) is 2.33. The second kappa shape index (κ2) is 4.46. The topological polar surface area (TPSA) is 15.3 Å². The molecule has 2 nitrogen and oxygen atoms in total. The van der Waals surface area contributed by atoms with Crippen LogP contribution < -0.4 is 5.32 Å². The molecule has 5 fully saturated rings. The summed E-state index contributed by atoms with van der Waals surface area (Å²) >= 11 is 0. The van der Waals surface area contributed by atoms with Gasteiger partial charge in [-0.25, -0.2) is 0 Å². The second-order valence-corrected chi connectivity index (χ2v) is 9.47. The number of hydrogen-bond donors (Lipinski definition) is 1. The maximum absolute atomic E-state index is 3.48. The third kappa shape index (κ3) is 2.33. The first-order valence-corrected chi connectivity index (χ1v) is 8.92. The van der Waals surface area contributed by atoms with Gasteiger partial charge in [-0.2, -0.15) is 0 Å². The van der Waals surface area contributed by atoms with E-state index in [2.05, 4.69) is 24.1 Å². The molecule has 0 amide bonds. The Kier molecular flexibility index (Phi) is 3.03. The van der Waals surface area contributed by atoms with Crippen LogP contribution in [0.3, 0.4) is 0 Å². The van der Waals surface area contributed by atoms with Crippen LogP contribution >= 0.6 is 0 Å². The van der Waals surface area contributed by atoms with Gasteiger partial charge >= 0.3 is 0 Å². The number of hydrogen-bond acceptors (Lipinski definition) is 2. The predicted octanol–water partition coefficient (Wildman–Crippen LogP) is 3.28. The van der Waals surface area contributed by atoms with E-state index < -0.39 is 0 Å². The summed E-state index contributed by atoms with van der Waals surface area (Å²) in [6.45, 7) is 11.5. The zero-order valence-corrected chi connectivity index (χ0v) is 13.5. The minimum atomic E-state index is 0.692. The fourth-order valence-electron chi connectivity index (χ4n) is 7.29. The Labute approximate surface area is 124 Å². The molecule has 1 aliphatic heterocycles. The maximum atomic E-state index is 3.48. The fourth-order valence-corrected chi connectivity index (χ4v) is 7.29. The first-order valence-electron chi connectivity index (χ1n) is 8.92. The van der Waals surface area contributed by atoms with E-state index in [1.165, 1.54) is 71.2 Å². The van der Waals surface area contributed by atoms with Crippen molar-refractivity contribution in [2.75, 3.05) is 32.7 Å². The van der Waals surface area contributed by atoms with Gasteiger partial charge in [-0.05, 0) is 73.7 Å². The molecule has 0 aromatic heterocycles. The van der Waals surface area contributed by atoms with E-state index in [0.717, 1.165) is 5.92 Å². The first-order chi connectivity index (χ1) is 9.49. The molecule has 5 aliphatic rings. The Morgan fingerprint density at radius 2 is 1.60 bits per heavy atom. The molecule has 1 saturated heterocycles. The van der Waals surface area contributed by atoms with Crippen molar-refractivity contribution in [1.82, 2.24) is 10.2 Å². The van der Waals surface area contributed by atoms with Crippen molar-refractivity contribution >= 4 is 0 Å². The number of rotatable bonds is 3. The van der Waals surface area contributed by atoms with Gasteiger partial charge in [0.25, 0.3) is 0 Å². The van der Waals surface area contributed by atoms with Crippen molar-refractivity contribution in [3.8, 4) is 0 Å². The van der Waals surface area contributed by atoms with Crippen molar-refractivity contribution in [3.05, 3.63) is 0 Å². The molecule has 5 rings (SSSR count). The van der Waals surface area contributed by atoms with Gasteiger partial charge in [0.05, 0.1) is 0 Å². The van der Waals surface area contributed by atoms with Crippen molar-refractivity contribution in [2.45, 2.75) is 58.8 Å². The smallest absolute Gasteiger partial charge is 0.0107 e. The van der Waals surface area contributed by atoms with E-state index in [9.17, 15) is 0 Å². The molecular formula is C18H32N2. The predicted molar refractivity (Wildman–Crippen MR) is 83.8 cm³/mol. The molecule has 2 unspecified atom stereocenters. The summed E-state index contributed by atoms with van der Waals surface area (Å²) in [6, 6.07) is 0. The fraction of sp³-hybridized carbons (Fsp3) is 1.00. The summed E-state index contributed by atoms with van der Waals surface area (Å²) in [5, 5.41) is 3.48. The highest BCUT2D eigenvalue weighted by Gasteiger charge is 2.59. The summed E-state index contributed by atoms with van der Waals surface area (Å²) < 4.78 is 0. The minimum absolute atomic E-state index is 0.692. The molecule has 0 radical (unpaired) electrons. The van der Waals surface area contributed by atoms with Gasteiger partial charge in [-0.1, -0.05) is 13.8 Å². The Balaban J connectivity index is 1.46. The molecular weight excluding hydrogens is 244 g/mol. The average molecular weight is 276 g/mol. The van der Waals surface area contributed by atoms with E-state index in [4.69, 9.17) is 0 Å². The molecule has 4 saturated carbocycles. The lowest BCUT2D eigenvalue weighted by molar-refractivity contribution is -0.149. The lowest BCUT2D eigenvalue weighted by Crippen LogP contribution is -2.56. The first kappa shape index (κ1) is 13.6. The van der Waals surface area contributed by atoms with Crippen LogP contribution in [0.25, 0.3) is 0 Å². The van der Waals surface area contributed by atoms with E-state index >= 15 is 0 Å². The highest BCUT2D eigenvalue weighted by molar-refractivity contribution is 5.10. The summed E-state index contributed by atoms with van der Waals surface area (Å²) in [4.78, 5) is 2.71.